The molecular weight excluding hydrogens is 348 g/mol. The second-order valence-electron chi connectivity index (χ2n) is 7.51. The van der Waals surface area contributed by atoms with Crippen molar-refractivity contribution in [3.8, 4) is 0 Å². The summed E-state index contributed by atoms with van der Waals surface area (Å²) in [4.78, 5) is 32.4. The first-order valence-corrected chi connectivity index (χ1v) is 9.31. The summed E-state index contributed by atoms with van der Waals surface area (Å²) in [6, 6.07) is 5.06. The summed E-state index contributed by atoms with van der Waals surface area (Å²) in [5.41, 5.74) is 1.34. The molecule has 1 N–H and O–H groups in total. The Labute approximate surface area is 157 Å². The van der Waals surface area contributed by atoms with Crippen LogP contribution in [0, 0.1) is 12.3 Å². The lowest BCUT2D eigenvalue weighted by Gasteiger charge is -2.28. The Bertz CT molecular complexity index is 878. The Morgan fingerprint density at radius 2 is 2.08 bits per heavy atom. The maximum atomic E-state index is 13.0. The van der Waals surface area contributed by atoms with Gasteiger partial charge in [0.1, 0.15) is 0 Å². The van der Waals surface area contributed by atoms with E-state index in [0.717, 1.165) is 16.0 Å². The van der Waals surface area contributed by atoms with Crippen molar-refractivity contribution in [1.82, 2.24) is 9.88 Å². The van der Waals surface area contributed by atoms with Crippen LogP contribution < -0.4 is 0 Å². The van der Waals surface area contributed by atoms with Crippen LogP contribution in [-0.4, -0.2) is 26.7 Å². The highest BCUT2D eigenvalue weighted by Gasteiger charge is 2.46. The second-order valence-corrected chi connectivity index (χ2v) is 8.45. The largest absolute Gasteiger partial charge is 0.503 e. The molecule has 3 heterocycles. The van der Waals surface area contributed by atoms with Gasteiger partial charge in [-0.3, -0.25) is 14.6 Å². The molecule has 0 saturated carbocycles. The van der Waals surface area contributed by atoms with Gasteiger partial charge in [0, 0.05) is 29.2 Å². The van der Waals surface area contributed by atoms with Crippen molar-refractivity contribution in [3.63, 3.8) is 0 Å². The zero-order chi connectivity index (χ0) is 19.1. The summed E-state index contributed by atoms with van der Waals surface area (Å²) in [5.74, 6) is -1.17. The van der Waals surface area contributed by atoms with Gasteiger partial charge in [0.2, 0.25) is 0 Å². The van der Waals surface area contributed by atoms with Crippen LogP contribution in [0.25, 0.3) is 0 Å². The molecule has 0 radical (unpaired) electrons. The van der Waals surface area contributed by atoms with E-state index in [4.69, 9.17) is 0 Å². The minimum atomic E-state index is -0.697. The zero-order valence-electron chi connectivity index (χ0n) is 15.3. The molecule has 3 rings (SSSR count). The Hall–Kier alpha value is -2.47. The first kappa shape index (κ1) is 18.3. The van der Waals surface area contributed by atoms with Gasteiger partial charge in [-0.2, -0.15) is 0 Å². The van der Waals surface area contributed by atoms with E-state index < -0.39 is 23.1 Å². The van der Waals surface area contributed by atoms with E-state index in [2.05, 4.69) is 4.98 Å². The smallest absolute Gasteiger partial charge is 0.290 e. The van der Waals surface area contributed by atoms with E-state index in [0.29, 0.717) is 0 Å². The van der Waals surface area contributed by atoms with Gasteiger partial charge in [-0.05, 0) is 35.6 Å². The zero-order valence-corrected chi connectivity index (χ0v) is 16.1. The van der Waals surface area contributed by atoms with E-state index in [1.54, 1.807) is 44.1 Å². The van der Waals surface area contributed by atoms with Crippen LogP contribution in [0.4, 0.5) is 0 Å². The minimum Gasteiger partial charge on any atom is -0.503 e. The van der Waals surface area contributed by atoms with E-state index in [-0.39, 0.29) is 17.9 Å². The van der Waals surface area contributed by atoms with Crippen molar-refractivity contribution in [2.75, 3.05) is 0 Å². The molecule has 5 nitrogen and oxygen atoms in total. The van der Waals surface area contributed by atoms with E-state index in [1.807, 2.05) is 24.4 Å². The number of nitrogens with zero attached hydrogens (tertiary/aromatic N) is 2. The van der Waals surface area contributed by atoms with Crippen LogP contribution in [0.1, 0.15) is 42.8 Å². The van der Waals surface area contributed by atoms with Crippen LogP contribution in [0.15, 0.2) is 47.3 Å². The molecule has 0 aliphatic carbocycles. The number of carbonyl (C=O) groups excluding carboxylic acids is 2. The second kappa shape index (κ2) is 6.68. The van der Waals surface area contributed by atoms with Gasteiger partial charge in [0.25, 0.3) is 5.91 Å². The Kier molecular flexibility index (Phi) is 4.71. The molecule has 1 atom stereocenters. The SMILES string of the molecule is Cc1ccsc1C1C(C(=O)C(C)(C)C)=C(O)C(=O)N1Cc1cccnc1. The Morgan fingerprint density at radius 1 is 1.35 bits per heavy atom. The van der Waals surface area contributed by atoms with Crippen LogP contribution in [0.2, 0.25) is 0 Å². The molecule has 26 heavy (non-hydrogen) atoms. The number of aliphatic hydroxyl groups is 1. The fraction of sp³-hybridized carbons (Fsp3) is 0.350. The summed E-state index contributed by atoms with van der Waals surface area (Å²) in [6.07, 6.45) is 3.35. The van der Waals surface area contributed by atoms with Crippen molar-refractivity contribution in [1.29, 1.82) is 0 Å². The fourth-order valence-corrected chi connectivity index (χ4v) is 4.12. The van der Waals surface area contributed by atoms with E-state index in [1.165, 1.54) is 11.3 Å². The number of thiophene rings is 1. The summed E-state index contributed by atoms with van der Waals surface area (Å²) in [5, 5.41) is 12.5. The van der Waals surface area contributed by atoms with Crippen molar-refractivity contribution in [3.05, 3.63) is 63.3 Å². The number of carbonyl (C=O) groups is 2. The van der Waals surface area contributed by atoms with Gasteiger partial charge < -0.3 is 10.0 Å². The highest BCUT2D eigenvalue weighted by molar-refractivity contribution is 7.10. The maximum Gasteiger partial charge on any atom is 0.290 e. The molecule has 0 spiro atoms. The summed E-state index contributed by atoms with van der Waals surface area (Å²) in [6.45, 7) is 7.61. The highest BCUT2D eigenvalue weighted by Crippen LogP contribution is 2.44. The van der Waals surface area contributed by atoms with Gasteiger partial charge in [-0.15, -0.1) is 11.3 Å². The number of ketones is 1. The van der Waals surface area contributed by atoms with Crippen molar-refractivity contribution < 1.29 is 14.7 Å². The normalized spacial score (nSPS) is 17.9. The topological polar surface area (TPSA) is 70.5 Å². The van der Waals surface area contributed by atoms with E-state index in [9.17, 15) is 14.7 Å². The molecular formula is C20H22N2O3S. The number of aryl methyl sites for hydroxylation is 1. The molecule has 0 saturated heterocycles. The maximum absolute atomic E-state index is 13.0. The number of hydrogen-bond acceptors (Lipinski definition) is 5. The number of amides is 1. The number of pyridine rings is 1. The number of rotatable bonds is 4. The summed E-state index contributed by atoms with van der Waals surface area (Å²) in [7, 11) is 0. The Morgan fingerprint density at radius 3 is 2.62 bits per heavy atom. The van der Waals surface area contributed by atoms with Crippen LogP contribution in [0.3, 0.4) is 0 Å². The molecule has 0 aromatic carbocycles. The predicted molar refractivity (Wildman–Crippen MR) is 101 cm³/mol. The van der Waals surface area contributed by atoms with Gasteiger partial charge in [0.05, 0.1) is 11.6 Å². The first-order chi connectivity index (χ1) is 12.2. The lowest BCUT2D eigenvalue weighted by Crippen LogP contribution is -2.32. The molecule has 1 aliphatic rings. The van der Waals surface area contributed by atoms with E-state index >= 15 is 0 Å². The molecule has 0 bridgehead atoms. The van der Waals surface area contributed by atoms with Gasteiger partial charge in [-0.1, -0.05) is 26.8 Å². The van der Waals surface area contributed by atoms with Crippen molar-refractivity contribution >= 4 is 23.0 Å². The average Bonchev–Trinajstić information content (AvgIpc) is 3.10. The molecule has 2 aromatic heterocycles. The molecule has 1 amide bonds. The number of aromatic nitrogens is 1. The average molecular weight is 370 g/mol. The number of Topliss-reactive ketones (excluding diaryl/α,β-unsaturated/α-hetero) is 1. The fourth-order valence-electron chi connectivity index (χ4n) is 3.08. The third-order valence-electron chi connectivity index (χ3n) is 4.46. The first-order valence-electron chi connectivity index (χ1n) is 8.43. The molecule has 1 unspecified atom stereocenters. The van der Waals surface area contributed by atoms with Crippen molar-refractivity contribution in [2.24, 2.45) is 5.41 Å². The molecule has 1 aliphatic heterocycles. The monoisotopic (exact) mass is 370 g/mol. The standard InChI is InChI=1S/C20H22N2O3S/c1-12-7-9-26-17(12)15-14(18(24)20(2,3)4)16(23)19(25)22(15)11-13-6-5-8-21-10-13/h5-10,15,23H,11H2,1-4H3. The summed E-state index contributed by atoms with van der Waals surface area (Å²) < 4.78 is 0. The highest BCUT2D eigenvalue weighted by atomic mass is 32.1. The quantitative estimate of drug-likeness (QED) is 0.884. The van der Waals surface area contributed by atoms with Crippen LogP contribution in [-0.2, 0) is 16.1 Å². The summed E-state index contributed by atoms with van der Waals surface area (Å²) >= 11 is 1.49. The Balaban J connectivity index is 2.10. The minimum absolute atomic E-state index is 0.192. The van der Waals surface area contributed by atoms with Crippen LogP contribution >= 0.6 is 11.3 Å². The number of aliphatic hydroxyl groups excluding tert-OH is 1. The predicted octanol–water partition coefficient (Wildman–Crippen LogP) is 3.96. The van der Waals surface area contributed by atoms with Gasteiger partial charge >= 0.3 is 0 Å². The van der Waals surface area contributed by atoms with Gasteiger partial charge in [-0.25, -0.2) is 0 Å². The molecule has 2 aromatic rings. The number of hydrogen-bond donors (Lipinski definition) is 1. The van der Waals surface area contributed by atoms with Gasteiger partial charge in [0.15, 0.2) is 11.5 Å². The lowest BCUT2D eigenvalue weighted by atomic mass is 9.83. The molecule has 136 valence electrons. The van der Waals surface area contributed by atoms with Crippen LogP contribution in [0.5, 0.6) is 0 Å². The third kappa shape index (κ3) is 3.17. The lowest BCUT2D eigenvalue weighted by molar-refractivity contribution is -0.130. The molecule has 6 heteroatoms. The van der Waals surface area contributed by atoms with Crippen molar-refractivity contribution in [2.45, 2.75) is 40.3 Å². The third-order valence-corrected chi connectivity index (χ3v) is 5.53. The molecule has 0 fully saturated rings.